The van der Waals surface area contributed by atoms with E-state index in [4.69, 9.17) is 19.4 Å². The van der Waals surface area contributed by atoms with Crippen molar-refractivity contribution in [2.24, 2.45) is 0 Å². The molecule has 5 aromatic carbocycles. The molecule has 0 spiro atoms. The molecular formula is C39H23N5O. The summed E-state index contributed by atoms with van der Waals surface area (Å²) in [6.07, 6.45) is 1.65. The van der Waals surface area contributed by atoms with E-state index >= 15 is 0 Å². The second kappa shape index (κ2) is 11.0. The van der Waals surface area contributed by atoms with Crippen molar-refractivity contribution in [1.82, 2.24) is 19.9 Å². The van der Waals surface area contributed by atoms with Crippen LogP contribution in [-0.2, 0) is 0 Å². The third-order valence-corrected chi connectivity index (χ3v) is 7.84. The van der Waals surface area contributed by atoms with E-state index in [0.717, 1.165) is 61.0 Å². The molecule has 0 fully saturated rings. The lowest BCUT2D eigenvalue weighted by molar-refractivity contribution is 0.669. The molecule has 0 aliphatic heterocycles. The molecule has 0 aliphatic carbocycles. The van der Waals surface area contributed by atoms with Gasteiger partial charge in [-0.05, 0) is 41.5 Å². The minimum Gasteiger partial charge on any atom is -0.456 e. The quantitative estimate of drug-likeness (QED) is 0.202. The summed E-state index contributed by atoms with van der Waals surface area (Å²) in [5.41, 5.74) is 8.65. The number of hydrogen-bond donors (Lipinski definition) is 0. The first kappa shape index (κ1) is 26.2. The minimum absolute atomic E-state index is 0.553. The third-order valence-electron chi connectivity index (χ3n) is 7.84. The first-order valence-electron chi connectivity index (χ1n) is 14.5. The zero-order valence-electron chi connectivity index (χ0n) is 23.9. The molecule has 6 heteroatoms. The van der Waals surface area contributed by atoms with Crippen LogP contribution in [0.3, 0.4) is 0 Å². The van der Waals surface area contributed by atoms with Gasteiger partial charge in [0.25, 0.3) is 0 Å². The highest BCUT2D eigenvalue weighted by molar-refractivity contribution is 6.12. The molecule has 0 saturated carbocycles. The molecule has 0 aliphatic rings. The fourth-order valence-corrected chi connectivity index (χ4v) is 5.62. The smallest absolute Gasteiger partial charge is 0.164 e. The molecule has 3 heterocycles. The van der Waals surface area contributed by atoms with Crippen LogP contribution in [0.1, 0.15) is 5.56 Å². The summed E-state index contributed by atoms with van der Waals surface area (Å²) in [7, 11) is 0. The van der Waals surface area contributed by atoms with Gasteiger partial charge in [0.1, 0.15) is 11.2 Å². The molecule has 8 rings (SSSR count). The largest absolute Gasteiger partial charge is 0.456 e. The van der Waals surface area contributed by atoms with Crippen LogP contribution in [0.2, 0.25) is 0 Å². The van der Waals surface area contributed by atoms with Gasteiger partial charge in [-0.15, -0.1) is 0 Å². The van der Waals surface area contributed by atoms with Gasteiger partial charge in [-0.25, -0.2) is 15.0 Å². The number of hydrogen-bond acceptors (Lipinski definition) is 6. The Morgan fingerprint density at radius 1 is 0.511 bits per heavy atom. The van der Waals surface area contributed by atoms with Gasteiger partial charge < -0.3 is 4.42 Å². The molecule has 0 bridgehead atoms. The van der Waals surface area contributed by atoms with Crippen LogP contribution in [0, 0.1) is 11.3 Å². The Kier molecular flexibility index (Phi) is 6.40. The summed E-state index contributed by atoms with van der Waals surface area (Å²) in [6, 6.07) is 46.1. The number of fused-ring (bicyclic) bond motifs is 3. The average molecular weight is 578 g/mol. The normalized spacial score (nSPS) is 11.1. The van der Waals surface area contributed by atoms with Crippen LogP contribution < -0.4 is 0 Å². The Morgan fingerprint density at radius 2 is 1.13 bits per heavy atom. The second-order valence-electron chi connectivity index (χ2n) is 10.6. The van der Waals surface area contributed by atoms with Gasteiger partial charge in [-0.3, -0.25) is 4.98 Å². The van der Waals surface area contributed by atoms with Crippen LogP contribution in [0.25, 0.3) is 78.5 Å². The van der Waals surface area contributed by atoms with Gasteiger partial charge in [0.15, 0.2) is 17.5 Å². The number of nitrogens with zero attached hydrogens (tertiary/aromatic N) is 5. The van der Waals surface area contributed by atoms with Crippen molar-refractivity contribution in [1.29, 1.82) is 5.26 Å². The van der Waals surface area contributed by atoms with Gasteiger partial charge in [0.2, 0.25) is 0 Å². The third kappa shape index (κ3) is 4.89. The molecule has 210 valence electrons. The fourth-order valence-electron chi connectivity index (χ4n) is 5.62. The standard InChI is InChI=1S/C39H23N5O/c40-24-25-20-21-41-33(22-25)27-14-16-29(17-15-27)38-42-37(28-10-5-2-6-11-28)43-39(44-38)30-18-19-32-35(23-30)45-34-13-7-12-31(36(32)34)26-8-3-1-4-9-26/h1-23H. The number of nitriles is 1. The van der Waals surface area contributed by atoms with E-state index in [1.165, 1.54) is 0 Å². The van der Waals surface area contributed by atoms with E-state index in [2.05, 4.69) is 35.3 Å². The Morgan fingerprint density at radius 3 is 1.84 bits per heavy atom. The molecule has 0 radical (unpaired) electrons. The van der Waals surface area contributed by atoms with Crippen molar-refractivity contribution in [3.8, 4) is 62.6 Å². The maximum absolute atomic E-state index is 9.29. The van der Waals surface area contributed by atoms with Crippen molar-refractivity contribution in [2.75, 3.05) is 0 Å². The lowest BCUT2D eigenvalue weighted by atomic mass is 9.99. The van der Waals surface area contributed by atoms with Gasteiger partial charge in [0, 0.05) is 39.2 Å². The summed E-state index contributed by atoms with van der Waals surface area (Å²) in [5.74, 6) is 1.69. The Bertz CT molecular complexity index is 2370. The van der Waals surface area contributed by atoms with Crippen molar-refractivity contribution >= 4 is 21.9 Å². The molecule has 0 amide bonds. The summed E-state index contributed by atoms with van der Waals surface area (Å²) >= 11 is 0. The van der Waals surface area contributed by atoms with Crippen LogP contribution in [0.5, 0.6) is 0 Å². The fraction of sp³-hybridized carbons (Fsp3) is 0. The van der Waals surface area contributed by atoms with Crippen molar-refractivity contribution in [3.63, 3.8) is 0 Å². The lowest BCUT2D eigenvalue weighted by Crippen LogP contribution is -2.00. The first-order chi connectivity index (χ1) is 22.2. The predicted octanol–water partition coefficient (Wildman–Crippen LogP) is 9.37. The molecule has 3 aromatic heterocycles. The molecule has 8 aromatic rings. The Balaban J connectivity index is 1.24. The summed E-state index contributed by atoms with van der Waals surface area (Å²) in [5, 5.41) is 11.4. The SMILES string of the molecule is N#Cc1ccnc(-c2ccc(-c3nc(-c4ccccc4)nc(-c4ccc5c(c4)oc4cccc(-c6ccccc6)c45)n3)cc2)c1. The monoisotopic (exact) mass is 577 g/mol. The van der Waals surface area contributed by atoms with Gasteiger partial charge in [-0.1, -0.05) is 103 Å². The molecule has 0 N–H and O–H groups in total. The van der Waals surface area contributed by atoms with Crippen molar-refractivity contribution in [2.45, 2.75) is 0 Å². The Hall–Kier alpha value is -6.45. The lowest BCUT2D eigenvalue weighted by Gasteiger charge is -2.09. The molecule has 6 nitrogen and oxygen atoms in total. The minimum atomic E-state index is 0.553. The Labute approximate surface area is 259 Å². The van der Waals surface area contributed by atoms with E-state index in [9.17, 15) is 5.26 Å². The number of rotatable bonds is 5. The van der Waals surface area contributed by atoms with Crippen LogP contribution in [-0.4, -0.2) is 19.9 Å². The highest BCUT2D eigenvalue weighted by atomic mass is 16.3. The summed E-state index contributed by atoms with van der Waals surface area (Å²) < 4.78 is 6.38. The average Bonchev–Trinajstić information content (AvgIpc) is 3.50. The highest BCUT2D eigenvalue weighted by Crippen LogP contribution is 2.38. The molecule has 0 atom stereocenters. The zero-order valence-corrected chi connectivity index (χ0v) is 23.9. The maximum Gasteiger partial charge on any atom is 0.164 e. The topological polar surface area (TPSA) is 88.5 Å². The van der Waals surface area contributed by atoms with Crippen LogP contribution >= 0.6 is 0 Å². The second-order valence-corrected chi connectivity index (χ2v) is 10.6. The first-order valence-corrected chi connectivity index (χ1v) is 14.5. The van der Waals surface area contributed by atoms with E-state index in [-0.39, 0.29) is 0 Å². The van der Waals surface area contributed by atoms with Gasteiger partial charge in [0.05, 0.1) is 17.3 Å². The van der Waals surface area contributed by atoms with Crippen molar-refractivity contribution < 1.29 is 4.42 Å². The summed E-state index contributed by atoms with van der Waals surface area (Å²) in [6.45, 7) is 0. The molecule has 45 heavy (non-hydrogen) atoms. The number of aromatic nitrogens is 4. The van der Waals surface area contributed by atoms with Gasteiger partial charge in [-0.2, -0.15) is 5.26 Å². The molecular weight excluding hydrogens is 554 g/mol. The number of furan rings is 1. The highest BCUT2D eigenvalue weighted by Gasteiger charge is 2.16. The molecule has 0 saturated heterocycles. The van der Waals surface area contributed by atoms with E-state index < -0.39 is 0 Å². The van der Waals surface area contributed by atoms with Crippen molar-refractivity contribution in [3.05, 3.63) is 145 Å². The number of benzene rings is 5. The van der Waals surface area contributed by atoms with Gasteiger partial charge >= 0.3 is 0 Å². The zero-order chi connectivity index (χ0) is 30.2. The maximum atomic E-state index is 9.29. The van der Waals surface area contributed by atoms with E-state index in [1.54, 1.807) is 18.3 Å². The number of pyridine rings is 1. The summed E-state index contributed by atoms with van der Waals surface area (Å²) in [4.78, 5) is 19.1. The van der Waals surface area contributed by atoms with Crippen LogP contribution in [0.4, 0.5) is 0 Å². The molecule has 0 unspecified atom stereocenters. The predicted molar refractivity (Wildman–Crippen MR) is 177 cm³/mol. The van der Waals surface area contributed by atoms with E-state index in [0.29, 0.717) is 23.0 Å². The van der Waals surface area contributed by atoms with E-state index in [1.807, 2.05) is 97.1 Å². The van der Waals surface area contributed by atoms with Crippen LogP contribution in [0.15, 0.2) is 144 Å².